The standard InChI is InChI=1S/C14H12ClFN2O/c15-7-10-1-3-11(4-2-10)8-18-14(19)12-5-6-17-9-13(12)16/h1-6,9H,7-8H2,(H,18,19). The highest BCUT2D eigenvalue weighted by Crippen LogP contribution is 2.08. The summed E-state index contributed by atoms with van der Waals surface area (Å²) < 4.78 is 13.3. The molecule has 0 aliphatic heterocycles. The Balaban J connectivity index is 1.98. The van der Waals surface area contributed by atoms with Gasteiger partial charge in [0.1, 0.15) is 0 Å². The minimum atomic E-state index is -0.627. The second kappa shape index (κ2) is 6.29. The molecule has 5 heteroatoms. The number of alkyl halides is 1. The molecular weight excluding hydrogens is 267 g/mol. The average molecular weight is 279 g/mol. The molecule has 0 saturated heterocycles. The molecule has 1 amide bonds. The van der Waals surface area contributed by atoms with Gasteiger partial charge in [-0.3, -0.25) is 9.78 Å². The molecule has 0 aliphatic rings. The average Bonchev–Trinajstić information content (AvgIpc) is 2.46. The third kappa shape index (κ3) is 3.51. The Morgan fingerprint density at radius 3 is 2.53 bits per heavy atom. The van der Waals surface area contributed by atoms with Crippen molar-refractivity contribution in [1.29, 1.82) is 0 Å². The Kier molecular flexibility index (Phi) is 4.47. The Hall–Kier alpha value is -1.94. The van der Waals surface area contributed by atoms with Gasteiger partial charge in [-0.25, -0.2) is 4.39 Å². The van der Waals surface area contributed by atoms with Crippen molar-refractivity contribution < 1.29 is 9.18 Å². The first kappa shape index (κ1) is 13.5. The van der Waals surface area contributed by atoms with Gasteiger partial charge in [0, 0.05) is 18.6 Å². The Bertz CT molecular complexity index is 572. The Morgan fingerprint density at radius 2 is 1.89 bits per heavy atom. The van der Waals surface area contributed by atoms with Crippen molar-refractivity contribution in [3.8, 4) is 0 Å². The largest absolute Gasteiger partial charge is 0.348 e. The number of hydrogen-bond donors (Lipinski definition) is 1. The van der Waals surface area contributed by atoms with E-state index in [-0.39, 0.29) is 5.56 Å². The van der Waals surface area contributed by atoms with Crippen molar-refractivity contribution in [1.82, 2.24) is 10.3 Å². The zero-order valence-corrected chi connectivity index (χ0v) is 10.8. The van der Waals surface area contributed by atoms with Crippen molar-refractivity contribution in [2.75, 3.05) is 0 Å². The van der Waals surface area contributed by atoms with Gasteiger partial charge in [-0.2, -0.15) is 0 Å². The van der Waals surface area contributed by atoms with E-state index in [0.717, 1.165) is 17.3 Å². The van der Waals surface area contributed by atoms with E-state index in [1.54, 1.807) is 0 Å². The van der Waals surface area contributed by atoms with Gasteiger partial charge in [-0.1, -0.05) is 24.3 Å². The summed E-state index contributed by atoms with van der Waals surface area (Å²) in [6.07, 6.45) is 2.40. The zero-order chi connectivity index (χ0) is 13.7. The fourth-order valence-corrected chi connectivity index (χ4v) is 1.76. The van der Waals surface area contributed by atoms with E-state index in [1.165, 1.54) is 12.3 Å². The first-order chi connectivity index (χ1) is 9.20. The summed E-state index contributed by atoms with van der Waals surface area (Å²) in [6, 6.07) is 8.88. The quantitative estimate of drug-likeness (QED) is 0.874. The summed E-state index contributed by atoms with van der Waals surface area (Å²) in [6.45, 7) is 0.336. The smallest absolute Gasteiger partial charge is 0.254 e. The summed E-state index contributed by atoms with van der Waals surface area (Å²) in [5, 5.41) is 2.65. The number of pyridine rings is 1. The Labute approximate surface area is 115 Å². The molecule has 1 heterocycles. The lowest BCUT2D eigenvalue weighted by Gasteiger charge is -2.06. The molecule has 0 saturated carbocycles. The molecule has 1 N–H and O–H groups in total. The van der Waals surface area contributed by atoms with Crippen molar-refractivity contribution >= 4 is 17.5 Å². The van der Waals surface area contributed by atoms with Crippen LogP contribution in [0.1, 0.15) is 21.5 Å². The number of benzene rings is 1. The fourth-order valence-electron chi connectivity index (χ4n) is 1.58. The molecule has 1 aromatic heterocycles. The van der Waals surface area contributed by atoms with Crippen LogP contribution in [-0.2, 0) is 12.4 Å². The fraction of sp³-hybridized carbons (Fsp3) is 0.143. The van der Waals surface area contributed by atoms with Gasteiger partial charge >= 0.3 is 0 Å². The molecule has 2 aromatic rings. The molecule has 2 rings (SSSR count). The maximum Gasteiger partial charge on any atom is 0.254 e. The van der Waals surface area contributed by atoms with E-state index >= 15 is 0 Å². The minimum absolute atomic E-state index is 0.00706. The van der Waals surface area contributed by atoms with Crippen LogP contribution in [0.25, 0.3) is 0 Å². The van der Waals surface area contributed by atoms with Gasteiger partial charge in [0.15, 0.2) is 5.82 Å². The molecule has 3 nitrogen and oxygen atoms in total. The molecule has 0 bridgehead atoms. The topological polar surface area (TPSA) is 42.0 Å². The lowest BCUT2D eigenvalue weighted by Crippen LogP contribution is -2.23. The van der Waals surface area contributed by atoms with Gasteiger partial charge in [-0.15, -0.1) is 11.6 Å². The highest BCUT2D eigenvalue weighted by molar-refractivity contribution is 6.17. The number of carbonyl (C=O) groups excluding carboxylic acids is 1. The first-order valence-electron chi connectivity index (χ1n) is 5.72. The summed E-state index contributed by atoms with van der Waals surface area (Å²) in [7, 11) is 0. The third-order valence-electron chi connectivity index (χ3n) is 2.65. The van der Waals surface area contributed by atoms with E-state index < -0.39 is 11.7 Å². The third-order valence-corrected chi connectivity index (χ3v) is 2.96. The maximum atomic E-state index is 13.3. The number of rotatable bonds is 4. The maximum absolute atomic E-state index is 13.3. The van der Waals surface area contributed by atoms with E-state index in [9.17, 15) is 9.18 Å². The van der Waals surface area contributed by atoms with Crippen LogP contribution in [0.5, 0.6) is 0 Å². The van der Waals surface area contributed by atoms with E-state index in [2.05, 4.69) is 10.3 Å². The number of nitrogens with zero attached hydrogens (tertiary/aromatic N) is 1. The number of nitrogens with one attached hydrogen (secondary N) is 1. The van der Waals surface area contributed by atoms with Gasteiger partial charge in [0.05, 0.1) is 11.8 Å². The van der Waals surface area contributed by atoms with Gasteiger partial charge in [0.25, 0.3) is 5.91 Å². The summed E-state index contributed by atoms with van der Waals surface area (Å²) in [4.78, 5) is 15.4. The molecule has 19 heavy (non-hydrogen) atoms. The van der Waals surface area contributed by atoms with Gasteiger partial charge in [0.2, 0.25) is 0 Å². The zero-order valence-electron chi connectivity index (χ0n) is 10.1. The molecule has 0 spiro atoms. The number of aromatic nitrogens is 1. The van der Waals surface area contributed by atoms with Crippen LogP contribution in [0.15, 0.2) is 42.7 Å². The molecular formula is C14H12ClFN2O. The van der Waals surface area contributed by atoms with Crippen LogP contribution in [0, 0.1) is 5.82 Å². The predicted molar refractivity (Wildman–Crippen MR) is 71.4 cm³/mol. The van der Waals surface area contributed by atoms with Crippen molar-refractivity contribution in [3.05, 3.63) is 65.2 Å². The van der Waals surface area contributed by atoms with Crippen molar-refractivity contribution in [3.63, 3.8) is 0 Å². The summed E-state index contributed by atoms with van der Waals surface area (Å²) in [5.41, 5.74) is 1.93. The highest BCUT2D eigenvalue weighted by atomic mass is 35.5. The Morgan fingerprint density at radius 1 is 1.21 bits per heavy atom. The number of carbonyl (C=O) groups is 1. The second-order valence-electron chi connectivity index (χ2n) is 3.99. The van der Waals surface area contributed by atoms with Crippen LogP contribution in [-0.4, -0.2) is 10.9 Å². The molecule has 0 radical (unpaired) electrons. The lowest BCUT2D eigenvalue weighted by atomic mass is 10.1. The minimum Gasteiger partial charge on any atom is -0.348 e. The molecule has 0 aliphatic carbocycles. The number of amides is 1. The molecule has 98 valence electrons. The van der Waals surface area contributed by atoms with Gasteiger partial charge < -0.3 is 5.32 Å². The summed E-state index contributed by atoms with van der Waals surface area (Å²) in [5.74, 6) is -0.631. The molecule has 1 aromatic carbocycles. The molecule has 0 fully saturated rings. The van der Waals surface area contributed by atoms with Crippen LogP contribution in [0.4, 0.5) is 4.39 Å². The molecule has 0 atom stereocenters. The van der Waals surface area contributed by atoms with E-state index in [0.29, 0.717) is 12.4 Å². The van der Waals surface area contributed by atoms with Crippen molar-refractivity contribution in [2.24, 2.45) is 0 Å². The predicted octanol–water partition coefficient (Wildman–Crippen LogP) is 2.89. The van der Waals surface area contributed by atoms with E-state index in [1.807, 2.05) is 24.3 Å². The second-order valence-corrected chi connectivity index (χ2v) is 4.26. The van der Waals surface area contributed by atoms with Crippen LogP contribution in [0.3, 0.4) is 0 Å². The van der Waals surface area contributed by atoms with E-state index in [4.69, 9.17) is 11.6 Å². The SMILES string of the molecule is O=C(NCc1ccc(CCl)cc1)c1ccncc1F. The highest BCUT2D eigenvalue weighted by Gasteiger charge is 2.10. The monoisotopic (exact) mass is 278 g/mol. The summed E-state index contributed by atoms with van der Waals surface area (Å²) >= 11 is 5.69. The first-order valence-corrected chi connectivity index (χ1v) is 6.25. The van der Waals surface area contributed by atoms with Crippen LogP contribution < -0.4 is 5.32 Å². The lowest BCUT2D eigenvalue weighted by molar-refractivity contribution is 0.0946. The van der Waals surface area contributed by atoms with Crippen molar-refractivity contribution in [2.45, 2.75) is 12.4 Å². The molecule has 0 unspecified atom stereocenters. The van der Waals surface area contributed by atoms with Gasteiger partial charge in [-0.05, 0) is 17.2 Å². The number of hydrogen-bond acceptors (Lipinski definition) is 2. The normalized spacial score (nSPS) is 10.2. The van der Waals surface area contributed by atoms with Crippen LogP contribution >= 0.6 is 11.6 Å². The number of halogens is 2. The van der Waals surface area contributed by atoms with Crippen LogP contribution in [0.2, 0.25) is 0 Å².